The Morgan fingerprint density at radius 2 is 1.92 bits per heavy atom. The Balaban J connectivity index is 2.10. The van der Waals surface area contributed by atoms with E-state index in [1.54, 1.807) is 0 Å². The van der Waals surface area contributed by atoms with Crippen LogP contribution < -0.4 is 5.73 Å². The number of rotatable bonds is 4. The number of halogens is 4. The van der Waals surface area contributed by atoms with Crippen LogP contribution >= 0.6 is 11.6 Å². The highest BCUT2D eigenvalue weighted by Gasteiger charge is 2.36. The minimum atomic E-state index is -4.68. The Morgan fingerprint density at radius 1 is 1.35 bits per heavy atom. The number of carbonyl (C=O) groups is 1. The lowest BCUT2D eigenvalue weighted by Gasteiger charge is -2.35. The molecule has 1 aliphatic rings. The van der Waals surface area contributed by atoms with Gasteiger partial charge in [0.1, 0.15) is 5.75 Å². The summed E-state index contributed by atoms with van der Waals surface area (Å²) in [7, 11) is 0. The summed E-state index contributed by atoms with van der Waals surface area (Å²) >= 11 is 5.69. The van der Waals surface area contributed by atoms with E-state index in [1.807, 2.05) is 0 Å². The molecular formula is C16H20ClF3N2O4. The molecule has 1 heterocycles. The molecule has 0 radical (unpaired) electrons. The van der Waals surface area contributed by atoms with E-state index in [-0.39, 0.29) is 24.6 Å². The van der Waals surface area contributed by atoms with Gasteiger partial charge in [0.15, 0.2) is 6.10 Å². The third-order valence-corrected chi connectivity index (χ3v) is 4.91. The predicted octanol–water partition coefficient (Wildman–Crippen LogP) is 1.66. The van der Waals surface area contributed by atoms with Crippen LogP contribution in [0.3, 0.4) is 0 Å². The van der Waals surface area contributed by atoms with Crippen molar-refractivity contribution in [2.45, 2.75) is 31.2 Å². The number of aliphatic hydroxyl groups excluding tert-OH is 2. The molecule has 0 saturated carbocycles. The number of piperidine rings is 1. The molecule has 10 heteroatoms. The van der Waals surface area contributed by atoms with E-state index >= 15 is 0 Å². The van der Waals surface area contributed by atoms with Crippen LogP contribution in [0.2, 0.25) is 5.02 Å². The summed E-state index contributed by atoms with van der Waals surface area (Å²) in [6, 6.07) is 0.834. The van der Waals surface area contributed by atoms with Crippen molar-refractivity contribution in [1.82, 2.24) is 4.90 Å². The lowest BCUT2D eigenvalue weighted by molar-refractivity contribution is -0.143. The number of phenols is 1. The molecule has 0 bridgehead atoms. The summed E-state index contributed by atoms with van der Waals surface area (Å²) in [5.74, 6) is -1.35. The Morgan fingerprint density at radius 3 is 2.42 bits per heavy atom. The average molecular weight is 397 g/mol. The molecule has 5 N–H and O–H groups in total. The van der Waals surface area contributed by atoms with Gasteiger partial charge in [-0.05, 0) is 30.9 Å². The number of hydrogen-bond donors (Lipinski definition) is 4. The zero-order valence-electron chi connectivity index (χ0n) is 13.7. The van der Waals surface area contributed by atoms with Crippen LogP contribution in [0, 0.1) is 5.92 Å². The zero-order valence-corrected chi connectivity index (χ0v) is 14.5. The minimum Gasteiger partial charge on any atom is -0.508 e. The standard InChI is InChI=1S/C16H20ClF3N2O4/c17-11-5-9(12(24)6-10(11)16(18,19)20)14(21)8-1-3-22(4-2-8)15(26)13(25)7-23/h5-6,8,13-14,23-25H,1-4,7,21H2/t13-,14-/m1/s1. The molecule has 0 aromatic heterocycles. The average Bonchev–Trinajstić information content (AvgIpc) is 2.60. The van der Waals surface area contributed by atoms with Gasteiger partial charge < -0.3 is 26.0 Å². The number of amides is 1. The smallest absolute Gasteiger partial charge is 0.417 e. The quantitative estimate of drug-likeness (QED) is 0.619. The van der Waals surface area contributed by atoms with Gasteiger partial charge in [0.05, 0.1) is 17.2 Å². The summed E-state index contributed by atoms with van der Waals surface area (Å²) in [6.07, 6.45) is -5.29. The minimum absolute atomic E-state index is 0.114. The van der Waals surface area contributed by atoms with E-state index in [2.05, 4.69) is 0 Å². The number of alkyl halides is 3. The maximum Gasteiger partial charge on any atom is 0.417 e. The van der Waals surface area contributed by atoms with Crippen molar-refractivity contribution in [3.63, 3.8) is 0 Å². The number of nitrogens with two attached hydrogens (primary N) is 1. The molecule has 6 nitrogen and oxygen atoms in total. The normalized spacial score (nSPS) is 18.7. The van der Waals surface area contributed by atoms with Crippen LogP contribution in [0.15, 0.2) is 12.1 Å². The molecule has 2 atom stereocenters. The lowest BCUT2D eigenvalue weighted by Crippen LogP contribution is -2.46. The summed E-state index contributed by atoms with van der Waals surface area (Å²) in [5.41, 5.74) is 5.09. The van der Waals surface area contributed by atoms with Gasteiger partial charge in [0.2, 0.25) is 0 Å². The van der Waals surface area contributed by atoms with Crippen LogP contribution in [0.5, 0.6) is 5.75 Å². The fourth-order valence-corrected chi connectivity index (χ4v) is 3.36. The molecule has 26 heavy (non-hydrogen) atoms. The first-order valence-electron chi connectivity index (χ1n) is 7.99. The van der Waals surface area contributed by atoms with Gasteiger partial charge in [-0.1, -0.05) is 11.6 Å². The van der Waals surface area contributed by atoms with Crippen molar-refractivity contribution in [2.24, 2.45) is 11.7 Å². The summed E-state index contributed by atoms with van der Waals surface area (Å²) in [4.78, 5) is 13.2. The first kappa shape index (κ1) is 20.8. The number of benzene rings is 1. The van der Waals surface area contributed by atoms with E-state index < -0.39 is 47.2 Å². The van der Waals surface area contributed by atoms with E-state index in [0.29, 0.717) is 18.9 Å². The van der Waals surface area contributed by atoms with Gasteiger partial charge in [-0.3, -0.25) is 4.79 Å². The Labute approximate surface area is 153 Å². The van der Waals surface area contributed by atoms with Crippen molar-refractivity contribution >= 4 is 17.5 Å². The third kappa shape index (κ3) is 4.40. The third-order valence-electron chi connectivity index (χ3n) is 4.60. The highest BCUT2D eigenvalue weighted by atomic mass is 35.5. The molecule has 0 spiro atoms. The van der Waals surface area contributed by atoms with Crippen LogP contribution in [-0.2, 0) is 11.0 Å². The van der Waals surface area contributed by atoms with Crippen LogP contribution in [0.1, 0.15) is 30.0 Å². The van der Waals surface area contributed by atoms with E-state index in [0.717, 1.165) is 6.07 Å². The molecule has 1 fully saturated rings. The highest BCUT2D eigenvalue weighted by molar-refractivity contribution is 6.31. The van der Waals surface area contributed by atoms with Gasteiger partial charge in [-0.2, -0.15) is 13.2 Å². The number of carbonyl (C=O) groups excluding carboxylic acids is 1. The molecular weight excluding hydrogens is 377 g/mol. The molecule has 146 valence electrons. The number of hydrogen-bond acceptors (Lipinski definition) is 5. The summed E-state index contributed by atoms with van der Waals surface area (Å²) in [5, 5.41) is 27.6. The zero-order chi connectivity index (χ0) is 19.6. The molecule has 1 amide bonds. The lowest BCUT2D eigenvalue weighted by atomic mass is 9.85. The second kappa shape index (κ2) is 7.99. The fraction of sp³-hybridized carbons (Fsp3) is 0.562. The second-order valence-corrected chi connectivity index (χ2v) is 6.68. The molecule has 0 unspecified atom stereocenters. The van der Waals surface area contributed by atoms with Crippen molar-refractivity contribution in [2.75, 3.05) is 19.7 Å². The van der Waals surface area contributed by atoms with Gasteiger partial charge >= 0.3 is 6.18 Å². The van der Waals surface area contributed by atoms with Gasteiger partial charge in [-0.15, -0.1) is 0 Å². The maximum atomic E-state index is 12.8. The number of likely N-dealkylation sites (tertiary alicyclic amines) is 1. The van der Waals surface area contributed by atoms with Crippen LogP contribution in [-0.4, -0.2) is 51.9 Å². The number of aliphatic hydroxyl groups is 2. The highest BCUT2D eigenvalue weighted by Crippen LogP contribution is 2.41. The van der Waals surface area contributed by atoms with Crippen molar-refractivity contribution < 1.29 is 33.3 Å². The Kier molecular flexibility index (Phi) is 6.38. The van der Waals surface area contributed by atoms with Crippen molar-refractivity contribution in [1.29, 1.82) is 0 Å². The Hall–Kier alpha value is -1.55. The first-order chi connectivity index (χ1) is 12.1. The fourth-order valence-electron chi connectivity index (χ4n) is 3.08. The van der Waals surface area contributed by atoms with Gasteiger partial charge in [0, 0.05) is 24.7 Å². The largest absolute Gasteiger partial charge is 0.508 e. The maximum absolute atomic E-state index is 12.8. The monoisotopic (exact) mass is 396 g/mol. The SMILES string of the molecule is N[C@@H](c1cc(Cl)c(C(F)(F)F)cc1O)C1CCN(C(=O)[C@H](O)CO)CC1. The van der Waals surface area contributed by atoms with Crippen LogP contribution in [0.25, 0.3) is 0 Å². The summed E-state index contributed by atoms with van der Waals surface area (Å²) in [6.45, 7) is -0.108. The van der Waals surface area contributed by atoms with Gasteiger partial charge in [-0.25, -0.2) is 0 Å². The molecule has 2 rings (SSSR count). The van der Waals surface area contributed by atoms with E-state index in [4.69, 9.17) is 22.4 Å². The first-order valence-corrected chi connectivity index (χ1v) is 8.37. The molecule has 0 aliphatic carbocycles. The molecule has 1 aromatic rings. The van der Waals surface area contributed by atoms with Crippen LogP contribution in [0.4, 0.5) is 13.2 Å². The summed E-state index contributed by atoms with van der Waals surface area (Å²) < 4.78 is 38.5. The number of phenolic OH excluding ortho intramolecular Hbond substituents is 1. The van der Waals surface area contributed by atoms with E-state index in [9.17, 15) is 28.2 Å². The van der Waals surface area contributed by atoms with Crippen molar-refractivity contribution in [3.8, 4) is 5.75 Å². The second-order valence-electron chi connectivity index (χ2n) is 6.28. The molecule has 1 aliphatic heterocycles. The van der Waals surface area contributed by atoms with Gasteiger partial charge in [0.25, 0.3) is 5.91 Å². The predicted molar refractivity (Wildman–Crippen MR) is 87.4 cm³/mol. The topological polar surface area (TPSA) is 107 Å². The molecule has 1 aromatic carbocycles. The van der Waals surface area contributed by atoms with Crippen molar-refractivity contribution in [3.05, 3.63) is 28.3 Å². The molecule has 1 saturated heterocycles. The number of nitrogens with zero attached hydrogens (tertiary/aromatic N) is 1. The Bertz CT molecular complexity index is 664. The number of aromatic hydroxyl groups is 1. The van der Waals surface area contributed by atoms with E-state index in [1.165, 1.54) is 4.90 Å².